The molecule has 2 aromatic rings. The van der Waals surface area contributed by atoms with Crippen molar-refractivity contribution in [2.45, 2.75) is 24.1 Å². The fourth-order valence-corrected chi connectivity index (χ4v) is 3.19. The molecule has 30 heavy (non-hydrogen) atoms. The van der Waals surface area contributed by atoms with Gasteiger partial charge in [0.1, 0.15) is 12.4 Å². The number of ether oxygens (including phenoxy) is 1. The standard InChI is InChI=1S/C18H16F4N2O5S/c1-11(16(25)24-15-8-3-2-7-14(15)19)29-17(26)12-5-4-6-13(9-12)30(27,28)23-10-18(20,21)22/h2-9,11,23H,10H2,1H3,(H,24,25)/t11-/m1/s1. The number of halogens is 4. The van der Waals surface area contributed by atoms with Crippen molar-refractivity contribution in [3.8, 4) is 0 Å². The first-order valence-electron chi connectivity index (χ1n) is 8.32. The van der Waals surface area contributed by atoms with Crippen LogP contribution in [0, 0.1) is 5.82 Å². The van der Waals surface area contributed by atoms with Crippen LogP contribution in [0.3, 0.4) is 0 Å². The molecule has 1 amide bonds. The van der Waals surface area contributed by atoms with E-state index in [-0.39, 0.29) is 11.3 Å². The molecule has 0 saturated heterocycles. The normalized spacial score (nSPS) is 12.8. The van der Waals surface area contributed by atoms with Crippen LogP contribution in [0.1, 0.15) is 17.3 Å². The number of nitrogens with one attached hydrogen (secondary N) is 2. The molecule has 162 valence electrons. The summed E-state index contributed by atoms with van der Waals surface area (Å²) in [6, 6.07) is 9.39. The fraction of sp³-hybridized carbons (Fsp3) is 0.222. The summed E-state index contributed by atoms with van der Waals surface area (Å²) in [6.45, 7) is -0.573. The zero-order chi connectivity index (χ0) is 22.5. The van der Waals surface area contributed by atoms with E-state index < -0.39 is 51.4 Å². The second-order valence-electron chi connectivity index (χ2n) is 5.98. The third kappa shape index (κ3) is 6.52. The van der Waals surface area contributed by atoms with Crippen LogP contribution in [0.25, 0.3) is 0 Å². The number of rotatable bonds is 7. The number of esters is 1. The molecule has 1 atom stereocenters. The summed E-state index contributed by atoms with van der Waals surface area (Å²) in [5.41, 5.74) is -0.440. The zero-order valence-corrected chi connectivity index (χ0v) is 16.2. The van der Waals surface area contributed by atoms with Crippen LogP contribution in [0.4, 0.5) is 23.2 Å². The Bertz CT molecular complexity index is 1040. The van der Waals surface area contributed by atoms with Crippen molar-refractivity contribution in [2.24, 2.45) is 0 Å². The van der Waals surface area contributed by atoms with Gasteiger partial charge in [0, 0.05) is 0 Å². The van der Waals surface area contributed by atoms with Gasteiger partial charge < -0.3 is 10.1 Å². The van der Waals surface area contributed by atoms with E-state index in [4.69, 9.17) is 4.74 Å². The summed E-state index contributed by atoms with van der Waals surface area (Å²) >= 11 is 0. The van der Waals surface area contributed by atoms with Crippen LogP contribution in [0.5, 0.6) is 0 Å². The maximum absolute atomic E-state index is 13.6. The van der Waals surface area contributed by atoms with Crippen molar-refractivity contribution in [1.82, 2.24) is 4.72 Å². The van der Waals surface area contributed by atoms with Gasteiger partial charge in [-0.25, -0.2) is 22.3 Å². The molecule has 2 aromatic carbocycles. The van der Waals surface area contributed by atoms with Crippen LogP contribution in [-0.2, 0) is 19.6 Å². The van der Waals surface area contributed by atoms with Gasteiger partial charge in [0.2, 0.25) is 10.0 Å². The molecule has 0 aliphatic carbocycles. The minimum Gasteiger partial charge on any atom is -0.449 e. The number of benzene rings is 2. The number of para-hydroxylation sites is 1. The van der Waals surface area contributed by atoms with Crippen molar-refractivity contribution in [3.63, 3.8) is 0 Å². The van der Waals surface area contributed by atoms with Crippen LogP contribution in [-0.4, -0.2) is 39.1 Å². The molecule has 12 heteroatoms. The Morgan fingerprint density at radius 1 is 1.10 bits per heavy atom. The lowest BCUT2D eigenvalue weighted by molar-refractivity contribution is -0.124. The molecule has 0 heterocycles. The Morgan fingerprint density at radius 2 is 1.77 bits per heavy atom. The lowest BCUT2D eigenvalue weighted by atomic mass is 10.2. The first-order chi connectivity index (χ1) is 13.9. The molecule has 0 spiro atoms. The number of anilines is 1. The first-order valence-corrected chi connectivity index (χ1v) is 9.80. The summed E-state index contributed by atoms with van der Waals surface area (Å²) in [6.07, 6.45) is -6.13. The van der Waals surface area contributed by atoms with E-state index in [9.17, 15) is 35.6 Å². The SMILES string of the molecule is C[C@@H](OC(=O)c1cccc(S(=O)(=O)NCC(F)(F)F)c1)C(=O)Nc1ccccc1F. The Hall–Kier alpha value is -2.99. The van der Waals surface area contributed by atoms with Gasteiger partial charge >= 0.3 is 12.1 Å². The molecular weight excluding hydrogens is 432 g/mol. The molecule has 0 aliphatic heterocycles. The third-order valence-electron chi connectivity index (χ3n) is 3.63. The molecule has 2 N–H and O–H groups in total. The van der Waals surface area contributed by atoms with Gasteiger partial charge in [0.15, 0.2) is 6.10 Å². The van der Waals surface area contributed by atoms with E-state index in [2.05, 4.69) is 5.32 Å². The highest BCUT2D eigenvalue weighted by Gasteiger charge is 2.30. The lowest BCUT2D eigenvalue weighted by Gasteiger charge is -2.14. The van der Waals surface area contributed by atoms with Gasteiger partial charge in [-0.15, -0.1) is 0 Å². The van der Waals surface area contributed by atoms with Crippen LogP contribution >= 0.6 is 0 Å². The van der Waals surface area contributed by atoms with Crippen LogP contribution in [0.15, 0.2) is 53.4 Å². The van der Waals surface area contributed by atoms with Crippen molar-refractivity contribution in [1.29, 1.82) is 0 Å². The van der Waals surface area contributed by atoms with Gasteiger partial charge in [0.05, 0.1) is 16.1 Å². The number of carbonyl (C=O) groups excluding carboxylic acids is 2. The van der Waals surface area contributed by atoms with Gasteiger partial charge in [-0.3, -0.25) is 4.79 Å². The number of hydrogen-bond acceptors (Lipinski definition) is 5. The summed E-state index contributed by atoms with van der Waals surface area (Å²) in [5.74, 6) is -2.64. The summed E-state index contributed by atoms with van der Waals surface area (Å²) in [5, 5.41) is 2.23. The highest BCUT2D eigenvalue weighted by molar-refractivity contribution is 7.89. The van der Waals surface area contributed by atoms with E-state index >= 15 is 0 Å². The Balaban J connectivity index is 2.07. The average molecular weight is 448 g/mol. The highest BCUT2D eigenvalue weighted by atomic mass is 32.2. The second-order valence-corrected chi connectivity index (χ2v) is 7.75. The highest BCUT2D eigenvalue weighted by Crippen LogP contribution is 2.17. The molecule has 0 saturated carbocycles. The predicted molar refractivity (Wildman–Crippen MR) is 97.6 cm³/mol. The molecule has 2 rings (SSSR count). The summed E-state index contributed by atoms with van der Waals surface area (Å²) < 4.78 is 80.5. The van der Waals surface area contributed by atoms with Crippen molar-refractivity contribution in [2.75, 3.05) is 11.9 Å². The molecule has 0 unspecified atom stereocenters. The third-order valence-corrected chi connectivity index (χ3v) is 5.03. The molecule has 0 aromatic heterocycles. The molecule has 0 radical (unpaired) electrons. The predicted octanol–water partition coefficient (Wildman–Crippen LogP) is 2.85. The molecule has 0 fully saturated rings. The van der Waals surface area contributed by atoms with Gasteiger partial charge in [-0.2, -0.15) is 13.2 Å². The maximum atomic E-state index is 13.6. The van der Waals surface area contributed by atoms with Crippen molar-refractivity contribution in [3.05, 3.63) is 59.9 Å². The number of amides is 1. The molecule has 7 nitrogen and oxygen atoms in total. The fourth-order valence-electron chi connectivity index (χ4n) is 2.13. The monoisotopic (exact) mass is 448 g/mol. The molecule has 0 bridgehead atoms. The van der Waals surface area contributed by atoms with E-state index in [1.54, 1.807) is 0 Å². The second kappa shape index (κ2) is 9.22. The molecular formula is C18H16F4N2O5S. The smallest absolute Gasteiger partial charge is 0.402 e. The number of hydrogen-bond donors (Lipinski definition) is 2. The van der Waals surface area contributed by atoms with Gasteiger partial charge in [0.25, 0.3) is 5.91 Å². The summed E-state index contributed by atoms with van der Waals surface area (Å²) in [7, 11) is -4.54. The van der Waals surface area contributed by atoms with E-state index in [0.717, 1.165) is 30.3 Å². The Kier molecular flexibility index (Phi) is 7.16. The van der Waals surface area contributed by atoms with Crippen molar-refractivity contribution < 1.29 is 40.3 Å². The quantitative estimate of drug-likeness (QED) is 0.501. The largest absolute Gasteiger partial charge is 0.449 e. The van der Waals surface area contributed by atoms with E-state index in [1.165, 1.54) is 29.8 Å². The van der Waals surface area contributed by atoms with Crippen LogP contribution in [0.2, 0.25) is 0 Å². The van der Waals surface area contributed by atoms with E-state index in [0.29, 0.717) is 0 Å². The minimum absolute atomic E-state index is 0.130. The number of alkyl halides is 3. The van der Waals surface area contributed by atoms with E-state index in [1.807, 2.05) is 0 Å². The minimum atomic E-state index is -4.76. The Labute approximate surface area is 169 Å². The number of carbonyl (C=O) groups is 2. The average Bonchev–Trinajstić information content (AvgIpc) is 2.67. The van der Waals surface area contributed by atoms with Crippen molar-refractivity contribution >= 4 is 27.6 Å². The van der Waals surface area contributed by atoms with Crippen LogP contribution < -0.4 is 10.0 Å². The zero-order valence-electron chi connectivity index (χ0n) is 15.4. The lowest BCUT2D eigenvalue weighted by Crippen LogP contribution is -2.34. The Morgan fingerprint density at radius 3 is 2.40 bits per heavy atom. The number of sulfonamides is 1. The molecule has 0 aliphatic rings. The van der Waals surface area contributed by atoms with Gasteiger partial charge in [-0.05, 0) is 37.3 Å². The maximum Gasteiger partial charge on any atom is 0.402 e. The summed E-state index contributed by atoms with van der Waals surface area (Å²) in [4.78, 5) is 23.7. The van der Waals surface area contributed by atoms with Gasteiger partial charge in [-0.1, -0.05) is 18.2 Å². The topological polar surface area (TPSA) is 102 Å². The first kappa shape index (κ1) is 23.3.